The molecule has 0 saturated heterocycles. The molecule has 48 heavy (non-hydrogen) atoms. The van der Waals surface area contributed by atoms with Crippen LogP contribution in [0.5, 0.6) is 46.0 Å². The zero-order chi connectivity index (χ0) is 34.1. The number of aldehydes is 2. The lowest BCUT2D eigenvalue weighted by Crippen LogP contribution is -2.10. The summed E-state index contributed by atoms with van der Waals surface area (Å²) in [6.45, 7) is 1.000. The van der Waals surface area contributed by atoms with E-state index >= 15 is 0 Å². The quantitative estimate of drug-likeness (QED) is 0.0535. The Kier molecular flexibility index (Phi) is 13.2. The van der Waals surface area contributed by atoms with E-state index in [-0.39, 0.29) is 26.4 Å². The van der Waals surface area contributed by atoms with E-state index in [1.165, 1.54) is 14.2 Å². The minimum Gasteiger partial charge on any atom is -0.493 e. The van der Waals surface area contributed by atoms with Crippen molar-refractivity contribution in [3.8, 4) is 46.0 Å². The first-order valence-electron chi connectivity index (χ1n) is 14.7. The highest BCUT2D eigenvalue weighted by Crippen LogP contribution is 2.31. The van der Waals surface area contributed by atoms with Crippen LogP contribution in [0, 0.1) is 0 Å². The molecule has 0 spiro atoms. The van der Waals surface area contributed by atoms with Gasteiger partial charge in [-0.1, -0.05) is 0 Å². The Morgan fingerprint density at radius 3 is 0.958 bits per heavy atom. The van der Waals surface area contributed by atoms with E-state index in [4.69, 9.17) is 37.9 Å². The number of carbonyl (C=O) groups excluding carboxylic acids is 2. The summed E-state index contributed by atoms with van der Waals surface area (Å²) in [6.07, 6.45) is 4.68. The molecule has 12 heteroatoms. The van der Waals surface area contributed by atoms with Crippen LogP contribution >= 0.6 is 0 Å². The highest BCUT2D eigenvalue weighted by molar-refractivity contribution is 5.84. The van der Waals surface area contributed by atoms with Crippen molar-refractivity contribution in [1.82, 2.24) is 0 Å². The highest BCUT2D eigenvalue weighted by Gasteiger charge is 2.10. The van der Waals surface area contributed by atoms with Gasteiger partial charge < -0.3 is 37.9 Å². The summed E-state index contributed by atoms with van der Waals surface area (Å²) in [5, 5.41) is 8.30. The Morgan fingerprint density at radius 1 is 0.417 bits per heavy atom. The molecule has 250 valence electrons. The highest BCUT2D eigenvalue weighted by atomic mass is 16.6. The summed E-state index contributed by atoms with van der Waals surface area (Å²) in [6, 6.07) is 20.6. The average Bonchev–Trinajstić information content (AvgIpc) is 3.14. The molecular weight excluding hydrogens is 620 g/mol. The lowest BCUT2D eigenvalue weighted by atomic mass is 10.2. The fourth-order valence-corrected chi connectivity index (χ4v) is 4.33. The second-order valence-corrected chi connectivity index (χ2v) is 9.76. The maximum atomic E-state index is 11.0. The van der Waals surface area contributed by atoms with Gasteiger partial charge in [0.1, 0.15) is 39.0 Å². The molecule has 4 rings (SSSR count). The third kappa shape index (κ3) is 9.73. The molecule has 0 amide bonds. The first-order chi connectivity index (χ1) is 23.5. The van der Waals surface area contributed by atoms with Crippen LogP contribution < -0.4 is 37.9 Å². The molecule has 12 nitrogen and oxygen atoms in total. The van der Waals surface area contributed by atoms with Crippen LogP contribution in [0.2, 0.25) is 0 Å². The number of hydrogen-bond donors (Lipinski definition) is 0. The topological polar surface area (TPSA) is 133 Å². The molecule has 4 aromatic rings. The van der Waals surface area contributed by atoms with Crippen LogP contribution in [0.4, 0.5) is 0 Å². The van der Waals surface area contributed by atoms with Crippen LogP contribution in [-0.4, -0.2) is 79.9 Å². The lowest BCUT2D eigenvalue weighted by Gasteiger charge is -2.13. The molecule has 4 aromatic carbocycles. The monoisotopic (exact) mass is 656 g/mol. The predicted octanol–water partition coefficient (Wildman–Crippen LogP) is 5.71. The second-order valence-electron chi connectivity index (χ2n) is 9.76. The summed E-state index contributed by atoms with van der Waals surface area (Å²) in [7, 11) is 6.13. The van der Waals surface area contributed by atoms with Gasteiger partial charge in [-0.25, -0.2) is 0 Å². The van der Waals surface area contributed by atoms with Crippen molar-refractivity contribution in [1.29, 1.82) is 0 Å². The van der Waals surface area contributed by atoms with Gasteiger partial charge in [0.2, 0.25) is 0 Å². The average molecular weight is 657 g/mol. The Morgan fingerprint density at radius 2 is 0.688 bits per heavy atom. The van der Waals surface area contributed by atoms with Gasteiger partial charge in [-0.15, -0.1) is 0 Å². The maximum absolute atomic E-state index is 11.0. The largest absolute Gasteiger partial charge is 0.493 e. The smallest absolute Gasteiger partial charge is 0.161 e. The van der Waals surface area contributed by atoms with Crippen molar-refractivity contribution in [3.05, 3.63) is 95.1 Å². The predicted molar refractivity (Wildman–Crippen MR) is 180 cm³/mol. The van der Waals surface area contributed by atoms with E-state index in [1.807, 2.05) is 12.1 Å². The number of rotatable bonds is 19. The number of ether oxygens (including phenoxy) is 8. The standard InChI is InChI=1S/C36H36N2O10/c1-41-33-17-25(5-9-29(33)45-13-15-47-31-11-7-27(23-39)19-35(31)43-3)21-37-38-22-26-6-10-30(34(18-26)42-2)46-14-16-48-32-12-8-28(24-40)20-36(32)44-4/h5-12,17-24H,13-16H2,1-4H3/b37-21+,38-22+. The first-order valence-corrected chi connectivity index (χ1v) is 14.7. The minimum atomic E-state index is 0.249. The van der Waals surface area contributed by atoms with E-state index in [2.05, 4.69) is 10.2 Å². The fraction of sp³-hybridized carbons (Fsp3) is 0.222. The van der Waals surface area contributed by atoms with Gasteiger partial charge in [0.05, 0.1) is 40.9 Å². The van der Waals surface area contributed by atoms with Crippen LogP contribution in [0.25, 0.3) is 0 Å². The molecule has 0 aliphatic heterocycles. The molecule has 0 bridgehead atoms. The molecule has 0 heterocycles. The maximum Gasteiger partial charge on any atom is 0.161 e. The van der Waals surface area contributed by atoms with E-state index in [0.717, 1.165) is 23.7 Å². The van der Waals surface area contributed by atoms with Gasteiger partial charge in [0.25, 0.3) is 0 Å². The number of hydrogen-bond acceptors (Lipinski definition) is 12. The van der Waals surface area contributed by atoms with Gasteiger partial charge in [-0.05, 0) is 83.9 Å². The molecule has 0 atom stereocenters. The molecule has 0 aromatic heterocycles. The Labute approximate surface area is 278 Å². The van der Waals surface area contributed by atoms with E-state index < -0.39 is 0 Å². The van der Waals surface area contributed by atoms with Crippen molar-refractivity contribution in [2.45, 2.75) is 0 Å². The number of benzene rings is 4. The summed E-state index contributed by atoms with van der Waals surface area (Å²) in [5.74, 6) is 4.09. The van der Waals surface area contributed by atoms with Gasteiger partial charge in [0.15, 0.2) is 46.0 Å². The Bertz CT molecular complexity index is 1610. The number of methoxy groups -OCH3 is 4. The summed E-state index contributed by atoms with van der Waals surface area (Å²) < 4.78 is 44.7. The van der Waals surface area contributed by atoms with Crippen molar-refractivity contribution in [3.63, 3.8) is 0 Å². The van der Waals surface area contributed by atoms with Gasteiger partial charge in [-0.3, -0.25) is 9.59 Å². The minimum absolute atomic E-state index is 0.249. The van der Waals surface area contributed by atoms with Crippen LogP contribution in [0.15, 0.2) is 83.0 Å². The van der Waals surface area contributed by atoms with Gasteiger partial charge in [-0.2, -0.15) is 10.2 Å². The second kappa shape index (κ2) is 18.2. The van der Waals surface area contributed by atoms with Crippen LogP contribution in [0.3, 0.4) is 0 Å². The zero-order valence-electron chi connectivity index (χ0n) is 27.0. The molecular formula is C36H36N2O10. The number of carbonyl (C=O) groups is 2. The molecule has 0 fully saturated rings. The fourth-order valence-electron chi connectivity index (χ4n) is 4.33. The summed E-state index contributed by atoms with van der Waals surface area (Å²) >= 11 is 0. The van der Waals surface area contributed by atoms with Gasteiger partial charge >= 0.3 is 0 Å². The molecule has 0 aliphatic rings. The lowest BCUT2D eigenvalue weighted by molar-refractivity contribution is 0.111. The molecule has 0 unspecified atom stereocenters. The molecule has 0 aliphatic carbocycles. The first kappa shape index (κ1) is 34.8. The zero-order valence-corrected chi connectivity index (χ0v) is 27.0. The SMILES string of the molecule is COc1cc(C=O)ccc1OCCOc1ccc(/C=N/N=C/c2ccc(OCCOc3ccc(C=O)cc3OC)c(OC)c2)cc1OC. The Hall–Kier alpha value is -6.04. The van der Waals surface area contributed by atoms with E-state index in [9.17, 15) is 9.59 Å². The van der Waals surface area contributed by atoms with Gasteiger partial charge in [0, 0.05) is 11.1 Å². The van der Waals surface area contributed by atoms with E-state index in [0.29, 0.717) is 57.1 Å². The third-order valence-electron chi connectivity index (χ3n) is 6.70. The van der Waals surface area contributed by atoms with Crippen molar-refractivity contribution in [2.24, 2.45) is 10.2 Å². The summed E-state index contributed by atoms with van der Waals surface area (Å²) in [4.78, 5) is 22.0. The van der Waals surface area contributed by atoms with Crippen molar-refractivity contribution >= 4 is 25.0 Å². The molecule has 0 N–H and O–H groups in total. The Balaban J connectivity index is 1.26. The molecule has 0 saturated carbocycles. The van der Waals surface area contributed by atoms with Crippen LogP contribution in [0.1, 0.15) is 31.8 Å². The third-order valence-corrected chi connectivity index (χ3v) is 6.70. The molecule has 0 radical (unpaired) electrons. The van der Waals surface area contributed by atoms with Crippen LogP contribution in [-0.2, 0) is 0 Å². The van der Waals surface area contributed by atoms with E-state index in [1.54, 1.807) is 87.3 Å². The number of nitrogens with zero attached hydrogens (tertiary/aromatic N) is 2. The van der Waals surface area contributed by atoms with Crippen molar-refractivity contribution < 1.29 is 47.5 Å². The summed E-state index contributed by atoms with van der Waals surface area (Å²) in [5.41, 5.74) is 2.51. The normalized spacial score (nSPS) is 10.8. The van der Waals surface area contributed by atoms with Crippen molar-refractivity contribution in [2.75, 3.05) is 54.9 Å².